The number of terminal acetylenes is 1. The fraction of sp³-hybridized carbons (Fsp3) is 0.417. The molecule has 1 unspecified atom stereocenters. The first kappa shape index (κ1) is 13.1. The molecule has 0 aliphatic carbocycles. The molecule has 0 aliphatic heterocycles. The molecule has 0 saturated carbocycles. The molecule has 5 heteroatoms. The number of carbonyl (C=O) groups is 1. The average molecular weight is 233 g/mol. The van der Waals surface area contributed by atoms with Gasteiger partial charge in [-0.05, 0) is 13.8 Å². The summed E-state index contributed by atoms with van der Waals surface area (Å²) in [4.78, 5) is 20.2. The van der Waals surface area contributed by atoms with Crippen molar-refractivity contribution >= 4 is 5.97 Å². The largest absolute Gasteiger partial charge is 0.467 e. The molecule has 0 aliphatic rings. The van der Waals surface area contributed by atoms with Crippen LogP contribution in [0.2, 0.25) is 0 Å². The van der Waals surface area contributed by atoms with Crippen LogP contribution in [0.15, 0.2) is 12.4 Å². The van der Waals surface area contributed by atoms with E-state index in [9.17, 15) is 4.79 Å². The number of nitrogens with zero attached hydrogens (tertiary/aromatic N) is 2. The highest BCUT2D eigenvalue weighted by Gasteiger charge is 2.38. The summed E-state index contributed by atoms with van der Waals surface area (Å²) < 4.78 is 4.78. The number of nitrogens with one attached hydrogen (secondary N) is 1. The van der Waals surface area contributed by atoms with E-state index in [0.717, 1.165) is 0 Å². The van der Waals surface area contributed by atoms with Crippen molar-refractivity contribution in [2.45, 2.75) is 19.4 Å². The predicted molar refractivity (Wildman–Crippen MR) is 63.0 cm³/mol. The van der Waals surface area contributed by atoms with Crippen molar-refractivity contribution in [1.82, 2.24) is 15.3 Å². The van der Waals surface area contributed by atoms with E-state index in [1.807, 2.05) is 0 Å². The molecule has 0 spiro atoms. The van der Waals surface area contributed by atoms with Gasteiger partial charge in [-0.3, -0.25) is 15.3 Å². The molecule has 0 fully saturated rings. The molecule has 1 aromatic heterocycles. The number of aromatic nitrogens is 2. The number of carbonyl (C=O) groups excluding carboxylic acids is 1. The van der Waals surface area contributed by atoms with E-state index in [1.165, 1.54) is 13.3 Å². The summed E-state index contributed by atoms with van der Waals surface area (Å²) in [5.74, 6) is 1.98. The average Bonchev–Trinajstić information content (AvgIpc) is 2.35. The van der Waals surface area contributed by atoms with Gasteiger partial charge in [-0.1, -0.05) is 5.92 Å². The summed E-state index contributed by atoms with van der Waals surface area (Å²) in [7, 11) is 1.32. The number of rotatable bonds is 4. The van der Waals surface area contributed by atoms with Gasteiger partial charge in [0.05, 0.1) is 25.0 Å². The van der Waals surface area contributed by atoms with Gasteiger partial charge in [-0.2, -0.15) is 0 Å². The summed E-state index contributed by atoms with van der Waals surface area (Å²) in [5, 5.41) is 2.94. The lowest BCUT2D eigenvalue weighted by atomic mass is 9.95. The Bertz CT molecular complexity index is 453. The van der Waals surface area contributed by atoms with Crippen molar-refractivity contribution in [3.8, 4) is 12.3 Å². The molecule has 5 nitrogen and oxygen atoms in total. The van der Waals surface area contributed by atoms with Crippen LogP contribution in [0, 0.1) is 19.3 Å². The maximum atomic E-state index is 11.9. The zero-order valence-electron chi connectivity index (χ0n) is 10.2. The van der Waals surface area contributed by atoms with Gasteiger partial charge in [0.2, 0.25) is 0 Å². The second-order valence-electron chi connectivity index (χ2n) is 3.66. The van der Waals surface area contributed by atoms with E-state index in [4.69, 9.17) is 11.2 Å². The van der Waals surface area contributed by atoms with E-state index in [2.05, 4.69) is 21.2 Å². The van der Waals surface area contributed by atoms with Crippen LogP contribution in [-0.2, 0) is 15.1 Å². The second kappa shape index (κ2) is 5.41. The number of hydrogen-bond acceptors (Lipinski definition) is 5. The molecule has 1 N–H and O–H groups in total. The molecule has 1 heterocycles. The lowest BCUT2D eigenvalue weighted by Crippen LogP contribution is -2.48. The van der Waals surface area contributed by atoms with Gasteiger partial charge in [-0.15, -0.1) is 6.42 Å². The Labute approximate surface area is 101 Å². The highest BCUT2D eigenvalue weighted by molar-refractivity contribution is 5.81. The van der Waals surface area contributed by atoms with Crippen LogP contribution < -0.4 is 5.32 Å². The van der Waals surface area contributed by atoms with E-state index in [0.29, 0.717) is 11.4 Å². The molecular formula is C12H15N3O2. The number of hydrogen-bond donors (Lipinski definition) is 1. The molecular weight excluding hydrogens is 218 g/mol. The third-order valence-corrected chi connectivity index (χ3v) is 2.49. The zero-order chi connectivity index (χ0) is 12.9. The molecule has 1 aromatic rings. The SMILES string of the molecule is C#CCNC(C)(C(=O)OC)c1nccnc1C. The quantitative estimate of drug-likeness (QED) is 0.602. The van der Waals surface area contributed by atoms with Crippen LogP contribution in [0.5, 0.6) is 0 Å². The summed E-state index contributed by atoms with van der Waals surface area (Å²) in [5.41, 5.74) is 0.0893. The number of methoxy groups -OCH3 is 1. The molecule has 0 radical (unpaired) electrons. The highest BCUT2D eigenvalue weighted by atomic mass is 16.5. The minimum absolute atomic E-state index is 0.238. The van der Waals surface area contributed by atoms with Crippen molar-refractivity contribution < 1.29 is 9.53 Å². The maximum Gasteiger partial charge on any atom is 0.332 e. The van der Waals surface area contributed by atoms with Crippen molar-refractivity contribution in [2.24, 2.45) is 0 Å². The van der Waals surface area contributed by atoms with E-state index in [1.54, 1.807) is 20.0 Å². The minimum atomic E-state index is -1.08. The van der Waals surface area contributed by atoms with Gasteiger partial charge in [0.15, 0.2) is 5.54 Å². The predicted octanol–water partition coefficient (Wildman–Crippen LogP) is 0.396. The Balaban J connectivity index is 3.20. The molecule has 0 aromatic carbocycles. The van der Waals surface area contributed by atoms with Gasteiger partial charge in [0.1, 0.15) is 0 Å². The van der Waals surface area contributed by atoms with Gasteiger partial charge >= 0.3 is 5.97 Å². The molecule has 90 valence electrons. The summed E-state index contributed by atoms with van der Waals surface area (Å²) in [6.07, 6.45) is 8.29. The van der Waals surface area contributed by atoms with Gasteiger partial charge in [0, 0.05) is 12.4 Å². The third-order valence-electron chi connectivity index (χ3n) is 2.49. The Morgan fingerprint density at radius 2 is 2.24 bits per heavy atom. The second-order valence-corrected chi connectivity index (χ2v) is 3.66. The lowest BCUT2D eigenvalue weighted by Gasteiger charge is -2.27. The summed E-state index contributed by atoms with van der Waals surface area (Å²) in [6.45, 7) is 3.69. The lowest BCUT2D eigenvalue weighted by molar-refractivity contribution is -0.148. The standard InChI is InChI=1S/C12H15N3O2/c1-5-6-15-12(3,11(16)17-4)10-9(2)13-7-8-14-10/h1,7-8,15H,6H2,2-4H3. The topological polar surface area (TPSA) is 64.1 Å². The van der Waals surface area contributed by atoms with Crippen molar-refractivity contribution in [1.29, 1.82) is 0 Å². The summed E-state index contributed by atoms with van der Waals surface area (Å²) in [6, 6.07) is 0. The zero-order valence-corrected chi connectivity index (χ0v) is 10.2. The van der Waals surface area contributed by atoms with Crippen LogP contribution in [-0.4, -0.2) is 29.6 Å². The molecule has 0 bridgehead atoms. The van der Waals surface area contributed by atoms with Gasteiger partial charge in [0.25, 0.3) is 0 Å². The Hall–Kier alpha value is -1.93. The van der Waals surface area contributed by atoms with Crippen LogP contribution in [0.3, 0.4) is 0 Å². The Morgan fingerprint density at radius 3 is 2.76 bits per heavy atom. The Morgan fingerprint density at radius 1 is 1.59 bits per heavy atom. The maximum absolute atomic E-state index is 11.9. The van der Waals surface area contributed by atoms with Crippen LogP contribution in [0.4, 0.5) is 0 Å². The third kappa shape index (κ3) is 2.60. The number of aryl methyl sites for hydroxylation is 1. The molecule has 1 rings (SSSR count). The first-order valence-corrected chi connectivity index (χ1v) is 5.11. The molecule has 0 amide bonds. The van der Waals surface area contributed by atoms with Crippen molar-refractivity contribution in [2.75, 3.05) is 13.7 Å². The van der Waals surface area contributed by atoms with Crippen LogP contribution in [0.1, 0.15) is 18.3 Å². The smallest absolute Gasteiger partial charge is 0.332 e. The molecule has 1 atom stereocenters. The minimum Gasteiger partial charge on any atom is -0.467 e. The molecule has 0 saturated heterocycles. The van der Waals surface area contributed by atoms with Gasteiger partial charge in [-0.25, -0.2) is 4.79 Å². The van der Waals surface area contributed by atoms with Crippen LogP contribution in [0.25, 0.3) is 0 Å². The van der Waals surface area contributed by atoms with Crippen molar-refractivity contribution in [3.05, 3.63) is 23.8 Å². The Kier molecular flexibility index (Phi) is 4.18. The van der Waals surface area contributed by atoms with E-state index < -0.39 is 11.5 Å². The van der Waals surface area contributed by atoms with Crippen LogP contribution >= 0.6 is 0 Å². The highest BCUT2D eigenvalue weighted by Crippen LogP contribution is 2.21. The van der Waals surface area contributed by atoms with E-state index >= 15 is 0 Å². The monoisotopic (exact) mass is 233 g/mol. The van der Waals surface area contributed by atoms with Gasteiger partial charge < -0.3 is 4.74 Å². The fourth-order valence-electron chi connectivity index (χ4n) is 1.58. The first-order chi connectivity index (χ1) is 8.06. The summed E-state index contributed by atoms with van der Waals surface area (Å²) >= 11 is 0. The number of esters is 1. The van der Waals surface area contributed by atoms with Crippen molar-refractivity contribution in [3.63, 3.8) is 0 Å². The van der Waals surface area contributed by atoms with E-state index in [-0.39, 0.29) is 6.54 Å². The molecule has 17 heavy (non-hydrogen) atoms. The fourth-order valence-corrected chi connectivity index (χ4v) is 1.58. The first-order valence-electron chi connectivity index (χ1n) is 5.11. The normalized spacial score (nSPS) is 13.5. The number of ether oxygens (including phenoxy) is 1.